The van der Waals surface area contributed by atoms with Crippen molar-refractivity contribution in [2.75, 3.05) is 6.54 Å². The first kappa shape index (κ1) is 10.7. The molecular formula is C13H18N4. The highest BCUT2D eigenvalue weighted by atomic mass is 15.1. The van der Waals surface area contributed by atoms with Crippen LogP contribution < -0.4 is 5.73 Å². The fourth-order valence-electron chi connectivity index (χ4n) is 2.53. The molecule has 2 aromatic rings. The number of rotatable bonds is 3. The number of nitrogens with zero attached hydrogens (tertiary/aromatic N) is 3. The Morgan fingerprint density at radius 3 is 2.76 bits per heavy atom. The van der Waals surface area contributed by atoms with Crippen LogP contribution in [0.2, 0.25) is 0 Å². The first-order chi connectivity index (χ1) is 8.20. The van der Waals surface area contributed by atoms with Gasteiger partial charge in [-0.25, -0.2) is 9.97 Å². The van der Waals surface area contributed by atoms with E-state index < -0.39 is 0 Å². The van der Waals surface area contributed by atoms with Crippen molar-refractivity contribution in [3.8, 4) is 0 Å². The number of hydrogen-bond donors (Lipinski definition) is 1. The van der Waals surface area contributed by atoms with Crippen LogP contribution in [0.15, 0.2) is 6.20 Å². The van der Waals surface area contributed by atoms with E-state index >= 15 is 0 Å². The van der Waals surface area contributed by atoms with Crippen LogP contribution in [0.4, 0.5) is 0 Å². The van der Waals surface area contributed by atoms with Crippen molar-refractivity contribution in [1.82, 2.24) is 14.5 Å². The maximum absolute atomic E-state index is 5.68. The van der Waals surface area contributed by atoms with Crippen molar-refractivity contribution in [2.24, 2.45) is 5.73 Å². The Morgan fingerprint density at radius 2 is 2.12 bits per heavy atom. The summed E-state index contributed by atoms with van der Waals surface area (Å²) in [7, 11) is 0. The predicted molar refractivity (Wildman–Crippen MR) is 68.0 cm³/mol. The van der Waals surface area contributed by atoms with Crippen LogP contribution in [0.25, 0.3) is 11.0 Å². The van der Waals surface area contributed by atoms with Crippen LogP contribution in [-0.4, -0.2) is 21.1 Å². The molecule has 0 atom stereocenters. The second-order valence-electron chi connectivity index (χ2n) is 4.89. The lowest BCUT2D eigenvalue weighted by atomic mass is 10.1. The molecule has 1 aliphatic carbocycles. The highest BCUT2D eigenvalue weighted by Gasteiger charge is 2.27. The van der Waals surface area contributed by atoms with Gasteiger partial charge in [0.05, 0.1) is 5.69 Å². The fraction of sp³-hybridized carbons (Fsp3) is 0.538. The van der Waals surface area contributed by atoms with Crippen LogP contribution in [0, 0.1) is 13.8 Å². The smallest absolute Gasteiger partial charge is 0.144 e. The van der Waals surface area contributed by atoms with Gasteiger partial charge in [-0.1, -0.05) is 0 Å². The van der Waals surface area contributed by atoms with Gasteiger partial charge < -0.3 is 10.3 Å². The monoisotopic (exact) mass is 230 g/mol. The van der Waals surface area contributed by atoms with Crippen LogP contribution in [0.5, 0.6) is 0 Å². The molecule has 0 spiro atoms. The second kappa shape index (κ2) is 3.81. The van der Waals surface area contributed by atoms with Gasteiger partial charge in [-0.15, -0.1) is 0 Å². The van der Waals surface area contributed by atoms with Crippen molar-refractivity contribution >= 4 is 11.0 Å². The van der Waals surface area contributed by atoms with E-state index in [1.807, 2.05) is 6.92 Å². The first-order valence-electron chi connectivity index (χ1n) is 6.25. The lowest BCUT2D eigenvalue weighted by Crippen LogP contribution is -2.02. The zero-order valence-corrected chi connectivity index (χ0v) is 10.4. The third-order valence-corrected chi connectivity index (χ3v) is 3.40. The Labute approximate surface area is 101 Å². The van der Waals surface area contributed by atoms with E-state index in [4.69, 9.17) is 5.73 Å². The van der Waals surface area contributed by atoms with Crippen molar-refractivity contribution in [2.45, 2.75) is 39.2 Å². The highest BCUT2D eigenvalue weighted by molar-refractivity contribution is 5.83. The number of aromatic nitrogens is 3. The Kier molecular flexibility index (Phi) is 2.40. The maximum Gasteiger partial charge on any atom is 0.144 e. The third-order valence-electron chi connectivity index (χ3n) is 3.40. The number of aryl methyl sites for hydroxylation is 2. The molecule has 1 fully saturated rings. The van der Waals surface area contributed by atoms with Crippen molar-refractivity contribution in [3.05, 3.63) is 23.3 Å². The molecule has 0 radical (unpaired) electrons. The molecule has 0 saturated heterocycles. The van der Waals surface area contributed by atoms with Gasteiger partial charge in [-0.2, -0.15) is 0 Å². The molecule has 1 saturated carbocycles. The molecule has 2 N–H and O–H groups in total. The Morgan fingerprint density at radius 1 is 1.35 bits per heavy atom. The van der Waals surface area contributed by atoms with E-state index in [0.29, 0.717) is 12.6 Å². The topological polar surface area (TPSA) is 56.7 Å². The molecule has 4 heteroatoms. The average molecular weight is 230 g/mol. The Hall–Kier alpha value is -1.42. The minimum Gasteiger partial charge on any atom is -0.330 e. The number of hydrogen-bond acceptors (Lipinski definition) is 3. The normalized spacial score (nSPS) is 15.7. The van der Waals surface area contributed by atoms with E-state index in [9.17, 15) is 0 Å². The van der Waals surface area contributed by atoms with Gasteiger partial charge in [0.25, 0.3) is 0 Å². The van der Waals surface area contributed by atoms with Crippen LogP contribution >= 0.6 is 0 Å². The fourth-order valence-corrected chi connectivity index (χ4v) is 2.53. The second-order valence-corrected chi connectivity index (χ2v) is 4.89. The summed E-state index contributed by atoms with van der Waals surface area (Å²) in [5.74, 6) is 0.856. The summed E-state index contributed by atoms with van der Waals surface area (Å²) >= 11 is 0. The molecule has 2 aromatic heterocycles. The zero-order valence-electron chi connectivity index (χ0n) is 10.4. The molecule has 2 heterocycles. The summed E-state index contributed by atoms with van der Waals surface area (Å²) in [6, 6.07) is 0.651. The molecule has 17 heavy (non-hydrogen) atoms. The standard InChI is InChI=1S/C13H18N4/c1-8-12-10(5-6-14)7-17(11-3-4-11)13(12)16-9(2)15-8/h7,11H,3-6,14H2,1-2H3. The van der Waals surface area contributed by atoms with Gasteiger partial charge in [-0.3, -0.25) is 0 Å². The molecule has 90 valence electrons. The van der Waals surface area contributed by atoms with E-state index in [2.05, 4.69) is 27.7 Å². The minimum absolute atomic E-state index is 0.651. The molecular weight excluding hydrogens is 212 g/mol. The van der Waals surface area contributed by atoms with Gasteiger partial charge in [-0.05, 0) is 45.2 Å². The van der Waals surface area contributed by atoms with Crippen molar-refractivity contribution in [1.29, 1.82) is 0 Å². The molecule has 3 rings (SSSR count). The summed E-state index contributed by atoms with van der Waals surface area (Å²) in [6.45, 7) is 4.70. The third kappa shape index (κ3) is 1.72. The minimum atomic E-state index is 0.651. The summed E-state index contributed by atoms with van der Waals surface area (Å²) in [4.78, 5) is 9.08. The van der Waals surface area contributed by atoms with E-state index in [-0.39, 0.29) is 0 Å². The van der Waals surface area contributed by atoms with Gasteiger partial charge >= 0.3 is 0 Å². The molecule has 0 aliphatic heterocycles. The van der Waals surface area contributed by atoms with Crippen molar-refractivity contribution < 1.29 is 0 Å². The van der Waals surface area contributed by atoms with Crippen LogP contribution in [0.1, 0.15) is 36.0 Å². The number of fused-ring (bicyclic) bond motifs is 1. The highest BCUT2D eigenvalue weighted by Crippen LogP contribution is 2.38. The van der Waals surface area contributed by atoms with Gasteiger partial charge in [0.1, 0.15) is 11.5 Å². The molecule has 0 aromatic carbocycles. The zero-order chi connectivity index (χ0) is 12.0. The van der Waals surface area contributed by atoms with Gasteiger partial charge in [0, 0.05) is 17.6 Å². The molecule has 0 bridgehead atoms. The molecule has 4 nitrogen and oxygen atoms in total. The van der Waals surface area contributed by atoms with E-state index in [1.165, 1.54) is 23.8 Å². The van der Waals surface area contributed by atoms with E-state index in [0.717, 1.165) is 23.6 Å². The van der Waals surface area contributed by atoms with E-state index in [1.54, 1.807) is 0 Å². The molecule has 0 unspecified atom stereocenters. The van der Waals surface area contributed by atoms with Gasteiger partial charge in [0.2, 0.25) is 0 Å². The SMILES string of the molecule is Cc1nc(C)c2c(CCN)cn(C3CC3)c2n1. The lowest BCUT2D eigenvalue weighted by Gasteiger charge is -2.03. The quantitative estimate of drug-likeness (QED) is 0.876. The van der Waals surface area contributed by atoms with Crippen LogP contribution in [-0.2, 0) is 6.42 Å². The first-order valence-corrected chi connectivity index (χ1v) is 6.25. The summed E-state index contributed by atoms with van der Waals surface area (Å²) in [6.07, 6.45) is 5.68. The summed E-state index contributed by atoms with van der Waals surface area (Å²) < 4.78 is 2.32. The Bertz CT molecular complexity index is 566. The largest absolute Gasteiger partial charge is 0.330 e. The summed E-state index contributed by atoms with van der Waals surface area (Å²) in [5.41, 5.74) is 9.16. The van der Waals surface area contributed by atoms with Crippen molar-refractivity contribution in [3.63, 3.8) is 0 Å². The Balaban J connectivity index is 2.27. The molecule has 1 aliphatic rings. The maximum atomic E-state index is 5.68. The van der Waals surface area contributed by atoms with Crippen LogP contribution in [0.3, 0.4) is 0 Å². The number of nitrogens with two attached hydrogens (primary N) is 1. The molecule has 0 amide bonds. The summed E-state index contributed by atoms with van der Waals surface area (Å²) in [5, 5.41) is 1.22. The average Bonchev–Trinajstić information content (AvgIpc) is 3.03. The predicted octanol–water partition coefficient (Wildman–Crippen LogP) is 1.88. The van der Waals surface area contributed by atoms with Gasteiger partial charge in [0.15, 0.2) is 0 Å². The lowest BCUT2D eigenvalue weighted by molar-refractivity contribution is 0.758.